The van der Waals surface area contributed by atoms with Crippen LogP contribution in [0.15, 0.2) is 54.6 Å². The SMILES string of the molecule is COC[C@@H]1NC(=O)CC/C=C\CN(C2CCCCC2)C(=O)[C@H]2N(CCCCCCO)C(=O)[C@@H]3[C@@H](C(=O)O[C@H]1c1ccccc1)[C@H]1C=C[C@]32O1. The molecular formula is C38H51N3O8. The number of allylic oxidation sites excluding steroid dienone is 1. The van der Waals surface area contributed by atoms with E-state index in [9.17, 15) is 24.3 Å². The molecule has 2 saturated heterocycles. The first-order valence-corrected chi connectivity index (χ1v) is 18.2. The summed E-state index contributed by atoms with van der Waals surface area (Å²) in [6, 6.07) is 7.65. The first kappa shape index (κ1) is 35.3. The molecule has 0 aromatic heterocycles. The van der Waals surface area contributed by atoms with Gasteiger partial charge in [0.25, 0.3) is 0 Å². The van der Waals surface area contributed by atoms with Crippen molar-refractivity contribution in [2.75, 3.05) is 33.4 Å². The van der Waals surface area contributed by atoms with Gasteiger partial charge in [-0.3, -0.25) is 19.2 Å². The summed E-state index contributed by atoms with van der Waals surface area (Å²) < 4.78 is 18.4. The maximum absolute atomic E-state index is 15.0. The summed E-state index contributed by atoms with van der Waals surface area (Å²) in [7, 11) is 1.53. The van der Waals surface area contributed by atoms with E-state index in [0.29, 0.717) is 37.9 Å². The van der Waals surface area contributed by atoms with Gasteiger partial charge in [0.05, 0.1) is 24.7 Å². The Labute approximate surface area is 289 Å². The van der Waals surface area contributed by atoms with E-state index < -0.39 is 47.7 Å². The number of nitrogens with one attached hydrogen (secondary N) is 1. The Hall–Kier alpha value is -3.54. The Balaban J connectivity index is 1.39. The number of ether oxygens (including phenoxy) is 3. The van der Waals surface area contributed by atoms with Gasteiger partial charge >= 0.3 is 5.97 Å². The topological polar surface area (TPSA) is 135 Å². The number of aliphatic hydroxyl groups is 1. The number of carbonyl (C=O) groups is 4. The lowest BCUT2D eigenvalue weighted by Crippen LogP contribution is -2.58. The number of benzene rings is 1. The molecule has 1 saturated carbocycles. The number of hydrogen-bond acceptors (Lipinski definition) is 8. The molecule has 2 N–H and O–H groups in total. The van der Waals surface area contributed by atoms with Gasteiger partial charge in [0.1, 0.15) is 23.7 Å². The molecule has 4 aliphatic heterocycles. The molecule has 1 spiro atoms. The van der Waals surface area contributed by atoms with Crippen molar-refractivity contribution in [2.24, 2.45) is 11.8 Å². The fourth-order valence-corrected chi connectivity index (χ4v) is 8.59. The second-order valence-corrected chi connectivity index (χ2v) is 14.1. The van der Waals surface area contributed by atoms with Crippen LogP contribution in [0, 0.1) is 11.8 Å². The number of nitrogens with zero attached hydrogens (tertiary/aromatic N) is 2. The van der Waals surface area contributed by atoms with E-state index in [2.05, 4.69) is 5.32 Å². The van der Waals surface area contributed by atoms with Crippen molar-refractivity contribution >= 4 is 23.7 Å². The number of unbranched alkanes of at least 4 members (excludes halogenated alkanes) is 3. The lowest BCUT2D eigenvalue weighted by Gasteiger charge is -2.40. The minimum Gasteiger partial charge on any atom is -0.455 e. The summed E-state index contributed by atoms with van der Waals surface area (Å²) in [4.78, 5) is 60.7. The first-order valence-electron chi connectivity index (χ1n) is 18.2. The number of cyclic esters (lactones) is 1. The number of carbonyl (C=O) groups excluding carboxylic acids is 4. The Morgan fingerprint density at radius 1 is 0.980 bits per heavy atom. The van der Waals surface area contributed by atoms with Gasteiger partial charge in [0.15, 0.2) is 0 Å². The number of esters is 1. The fraction of sp³-hybridized carbons (Fsp3) is 0.632. The molecule has 5 bridgehead atoms. The van der Waals surface area contributed by atoms with Crippen LogP contribution >= 0.6 is 0 Å². The normalized spacial score (nSPS) is 33.1. The molecule has 1 aliphatic carbocycles. The van der Waals surface area contributed by atoms with Gasteiger partial charge in [-0.15, -0.1) is 0 Å². The highest BCUT2D eigenvalue weighted by Crippen LogP contribution is 2.56. The molecule has 49 heavy (non-hydrogen) atoms. The second-order valence-electron chi connectivity index (χ2n) is 14.1. The number of amides is 3. The van der Waals surface area contributed by atoms with Crippen molar-refractivity contribution < 1.29 is 38.5 Å². The van der Waals surface area contributed by atoms with E-state index in [0.717, 1.165) is 44.9 Å². The molecule has 3 fully saturated rings. The molecule has 11 nitrogen and oxygen atoms in total. The van der Waals surface area contributed by atoms with Crippen molar-refractivity contribution in [1.82, 2.24) is 15.1 Å². The Morgan fingerprint density at radius 3 is 2.51 bits per heavy atom. The van der Waals surface area contributed by atoms with Gasteiger partial charge in [0.2, 0.25) is 17.7 Å². The third-order valence-electron chi connectivity index (χ3n) is 10.9. The molecule has 5 aliphatic rings. The molecule has 1 aromatic carbocycles. The predicted molar refractivity (Wildman–Crippen MR) is 181 cm³/mol. The largest absolute Gasteiger partial charge is 0.455 e. The van der Waals surface area contributed by atoms with E-state index in [1.54, 1.807) is 4.90 Å². The number of methoxy groups -OCH3 is 1. The van der Waals surface area contributed by atoms with Crippen LogP contribution in [0.1, 0.15) is 82.3 Å². The van der Waals surface area contributed by atoms with E-state index in [1.807, 2.05) is 59.5 Å². The first-order chi connectivity index (χ1) is 23.9. The van der Waals surface area contributed by atoms with Gasteiger partial charge < -0.3 is 34.4 Å². The van der Waals surface area contributed by atoms with Crippen molar-refractivity contribution in [3.63, 3.8) is 0 Å². The Kier molecular flexibility index (Phi) is 11.5. The zero-order valence-corrected chi connectivity index (χ0v) is 28.5. The quantitative estimate of drug-likeness (QED) is 0.218. The highest BCUT2D eigenvalue weighted by Gasteiger charge is 2.73. The van der Waals surface area contributed by atoms with Crippen LogP contribution in [0.3, 0.4) is 0 Å². The van der Waals surface area contributed by atoms with Gasteiger partial charge in [-0.1, -0.05) is 86.7 Å². The van der Waals surface area contributed by atoms with E-state index >= 15 is 0 Å². The van der Waals surface area contributed by atoms with Crippen LogP contribution in [0.2, 0.25) is 0 Å². The standard InChI is InChI=1S/C38H51N3O8/c1-47-25-28-33(26-15-7-4-8-16-26)48-37(46)31-29-20-21-38(49-29)32(31)35(44)41(23-12-2-3-14-24-42)34(38)36(45)40(27-17-9-5-10-18-27)22-13-6-11-19-30(43)39-28/h4,6-8,13,15-16,20-21,27-29,31-34,42H,2-3,5,9-12,14,17-19,22-25H2,1H3,(H,39,43)/b13-6-/t28-,29+,31-,32-,33-,34+,38-/m0/s1. The summed E-state index contributed by atoms with van der Waals surface area (Å²) >= 11 is 0. The van der Waals surface area contributed by atoms with Crippen molar-refractivity contribution in [1.29, 1.82) is 0 Å². The van der Waals surface area contributed by atoms with Crippen LogP contribution in [-0.2, 0) is 33.4 Å². The maximum Gasteiger partial charge on any atom is 0.313 e. The lowest BCUT2D eigenvalue weighted by atomic mass is 9.74. The highest BCUT2D eigenvalue weighted by molar-refractivity contribution is 5.99. The summed E-state index contributed by atoms with van der Waals surface area (Å²) in [5.41, 5.74) is -0.607. The molecule has 0 unspecified atom stereocenters. The minimum absolute atomic E-state index is 0.0259. The van der Waals surface area contributed by atoms with Gasteiger partial charge in [-0.2, -0.15) is 0 Å². The number of hydrogen-bond donors (Lipinski definition) is 2. The van der Waals surface area contributed by atoms with E-state index in [-0.39, 0.29) is 43.4 Å². The maximum atomic E-state index is 15.0. The van der Waals surface area contributed by atoms with E-state index in [1.165, 1.54) is 7.11 Å². The highest BCUT2D eigenvalue weighted by atomic mass is 16.6. The smallest absolute Gasteiger partial charge is 0.313 e. The molecule has 6 rings (SSSR count). The van der Waals surface area contributed by atoms with Crippen LogP contribution in [-0.4, -0.2) is 102 Å². The molecule has 7 atom stereocenters. The lowest BCUT2D eigenvalue weighted by molar-refractivity contribution is -0.162. The molecule has 0 radical (unpaired) electrons. The monoisotopic (exact) mass is 677 g/mol. The third-order valence-corrected chi connectivity index (χ3v) is 10.9. The fourth-order valence-electron chi connectivity index (χ4n) is 8.59. The number of fused-ring (bicyclic) bond motifs is 2. The summed E-state index contributed by atoms with van der Waals surface area (Å²) in [6.45, 7) is 0.928. The summed E-state index contributed by atoms with van der Waals surface area (Å²) in [5.74, 6) is -3.13. The number of aliphatic hydroxyl groups excluding tert-OH is 1. The van der Waals surface area contributed by atoms with E-state index in [4.69, 9.17) is 14.2 Å². The molecule has 266 valence electrons. The summed E-state index contributed by atoms with van der Waals surface area (Å²) in [6.07, 6.45) is 14.6. The molecular weight excluding hydrogens is 626 g/mol. The van der Waals surface area contributed by atoms with Crippen LogP contribution in [0.5, 0.6) is 0 Å². The van der Waals surface area contributed by atoms with Gasteiger partial charge in [0, 0.05) is 39.3 Å². The zero-order chi connectivity index (χ0) is 34.4. The van der Waals surface area contributed by atoms with Crippen molar-refractivity contribution in [3.8, 4) is 0 Å². The molecule has 4 heterocycles. The van der Waals surface area contributed by atoms with Crippen LogP contribution in [0.4, 0.5) is 0 Å². The average molecular weight is 678 g/mol. The Bertz CT molecular complexity index is 1390. The third kappa shape index (κ3) is 7.21. The minimum atomic E-state index is -1.29. The van der Waals surface area contributed by atoms with Gasteiger partial charge in [-0.05, 0) is 37.7 Å². The zero-order valence-electron chi connectivity index (χ0n) is 28.5. The summed E-state index contributed by atoms with van der Waals surface area (Å²) in [5, 5.41) is 12.3. The van der Waals surface area contributed by atoms with Crippen molar-refractivity contribution in [2.45, 2.75) is 107 Å². The predicted octanol–water partition coefficient (Wildman–Crippen LogP) is 3.62. The van der Waals surface area contributed by atoms with Crippen molar-refractivity contribution in [3.05, 3.63) is 60.2 Å². The van der Waals surface area contributed by atoms with Crippen LogP contribution in [0.25, 0.3) is 0 Å². The molecule has 1 aromatic rings. The van der Waals surface area contributed by atoms with Crippen LogP contribution < -0.4 is 5.32 Å². The average Bonchev–Trinajstić information content (AvgIpc) is 3.76. The molecule has 3 amide bonds. The molecule has 11 heteroatoms. The van der Waals surface area contributed by atoms with Gasteiger partial charge in [-0.25, -0.2) is 0 Å². The number of rotatable bonds is 10. The Morgan fingerprint density at radius 2 is 1.76 bits per heavy atom. The number of likely N-dealkylation sites (tertiary alicyclic amines) is 1. The second kappa shape index (κ2) is 16.0.